The van der Waals surface area contributed by atoms with E-state index in [1.807, 2.05) is 14.0 Å². The van der Waals surface area contributed by atoms with Crippen molar-refractivity contribution in [1.82, 2.24) is 20.2 Å². The van der Waals surface area contributed by atoms with Gasteiger partial charge in [-0.2, -0.15) is 5.10 Å². The molecule has 0 spiro atoms. The second kappa shape index (κ2) is 5.27. The number of halogens is 1. The highest BCUT2D eigenvalue weighted by Gasteiger charge is 2.21. The molecule has 3 N–H and O–H groups in total. The van der Waals surface area contributed by atoms with Crippen LogP contribution in [0.2, 0.25) is 0 Å². The first-order valence-electron chi connectivity index (χ1n) is 6.57. The van der Waals surface area contributed by atoms with E-state index in [-0.39, 0.29) is 11.9 Å². The standard InChI is InChI=1S/C14H16FN5O/c1-8-10-5-9(15)3-4-12(10)21-14(8)11(19-16)6-13-17-7-18-20(13)2/h3-5,7,11,19H,6,16H2,1-2H3. The number of nitrogens with two attached hydrogens (primary N) is 1. The molecule has 2 aromatic heterocycles. The van der Waals surface area contributed by atoms with Crippen LogP contribution in [0.5, 0.6) is 0 Å². The van der Waals surface area contributed by atoms with Gasteiger partial charge in [-0.1, -0.05) is 0 Å². The van der Waals surface area contributed by atoms with Crippen LogP contribution in [0, 0.1) is 12.7 Å². The fraction of sp³-hybridized carbons (Fsp3) is 0.286. The first-order chi connectivity index (χ1) is 10.1. The van der Waals surface area contributed by atoms with E-state index in [0.717, 1.165) is 16.8 Å². The van der Waals surface area contributed by atoms with Crippen LogP contribution >= 0.6 is 0 Å². The average Bonchev–Trinajstić information content (AvgIpc) is 3.01. The lowest BCUT2D eigenvalue weighted by atomic mass is 10.1. The molecular formula is C14H16FN5O. The predicted molar refractivity (Wildman–Crippen MR) is 75.7 cm³/mol. The largest absolute Gasteiger partial charge is 0.459 e. The summed E-state index contributed by atoms with van der Waals surface area (Å²) in [6.45, 7) is 1.89. The van der Waals surface area contributed by atoms with Crippen molar-refractivity contribution < 1.29 is 8.81 Å². The molecule has 1 aromatic carbocycles. The van der Waals surface area contributed by atoms with Crippen LogP contribution in [0.4, 0.5) is 4.39 Å². The van der Waals surface area contributed by atoms with Crippen molar-refractivity contribution >= 4 is 11.0 Å². The van der Waals surface area contributed by atoms with E-state index in [0.29, 0.717) is 17.8 Å². The van der Waals surface area contributed by atoms with Gasteiger partial charge in [-0.25, -0.2) is 14.8 Å². The van der Waals surface area contributed by atoms with E-state index in [1.54, 1.807) is 10.7 Å². The summed E-state index contributed by atoms with van der Waals surface area (Å²) in [5, 5.41) is 4.78. The SMILES string of the molecule is Cc1c(C(Cc2ncnn2C)NN)oc2ccc(F)cc12. The number of fused-ring (bicyclic) bond motifs is 1. The van der Waals surface area contributed by atoms with Crippen molar-refractivity contribution in [1.29, 1.82) is 0 Å². The van der Waals surface area contributed by atoms with Gasteiger partial charge in [-0.3, -0.25) is 10.5 Å². The van der Waals surface area contributed by atoms with Crippen LogP contribution in [0.15, 0.2) is 28.9 Å². The second-order valence-corrected chi connectivity index (χ2v) is 4.96. The summed E-state index contributed by atoms with van der Waals surface area (Å²) >= 11 is 0. The van der Waals surface area contributed by atoms with Crippen LogP contribution in [0.3, 0.4) is 0 Å². The van der Waals surface area contributed by atoms with Gasteiger partial charge in [0.05, 0.1) is 6.04 Å². The molecule has 0 saturated heterocycles. The molecule has 0 fully saturated rings. The van der Waals surface area contributed by atoms with Gasteiger partial charge in [0, 0.05) is 24.4 Å². The molecule has 6 nitrogen and oxygen atoms in total. The summed E-state index contributed by atoms with van der Waals surface area (Å²) < 4.78 is 20.9. The van der Waals surface area contributed by atoms with Gasteiger partial charge in [-0.15, -0.1) is 0 Å². The van der Waals surface area contributed by atoms with E-state index in [2.05, 4.69) is 15.5 Å². The van der Waals surface area contributed by atoms with Crippen molar-refractivity contribution in [2.75, 3.05) is 0 Å². The molecule has 1 unspecified atom stereocenters. The van der Waals surface area contributed by atoms with Crippen LogP contribution in [-0.4, -0.2) is 14.8 Å². The number of nitrogens with zero attached hydrogens (tertiary/aromatic N) is 3. The first-order valence-corrected chi connectivity index (χ1v) is 6.57. The van der Waals surface area contributed by atoms with Gasteiger partial charge in [0.2, 0.25) is 0 Å². The summed E-state index contributed by atoms with van der Waals surface area (Å²) in [7, 11) is 1.82. The minimum Gasteiger partial charge on any atom is -0.459 e. The lowest BCUT2D eigenvalue weighted by Gasteiger charge is -2.13. The van der Waals surface area contributed by atoms with Gasteiger partial charge in [-0.05, 0) is 25.1 Å². The Hall–Kier alpha value is -2.25. The molecule has 21 heavy (non-hydrogen) atoms. The molecule has 7 heteroatoms. The summed E-state index contributed by atoms with van der Waals surface area (Å²) in [6.07, 6.45) is 2.01. The average molecular weight is 289 g/mol. The lowest BCUT2D eigenvalue weighted by Crippen LogP contribution is -2.30. The molecule has 0 aliphatic carbocycles. The summed E-state index contributed by atoms with van der Waals surface area (Å²) in [5.41, 5.74) is 4.24. The number of benzene rings is 1. The van der Waals surface area contributed by atoms with Crippen LogP contribution in [0.1, 0.15) is 23.2 Å². The van der Waals surface area contributed by atoms with Crippen molar-refractivity contribution in [3.05, 3.63) is 47.5 Å². The van der Waals surface area contributed by atoms with Crippen molar-refractivity contribution in [2.24, 2.45) is 12.9 Å². The highest BCUT2D eigenvalue weighted by Crippen LogP contribution is 2.30. The summed E-state index contributed by atoms with van der Waals surface area (Å²) in [6, 6.07) is 4.20. The third-order valence-electron chi connectivity index (χ3n) is 3.64. The van der Waals surface area contributed by atoms with Crippen molar-refractivity contribution in [2.45, 2.75) is 19.4 Å². The van der Waals surface area contributed by atoms with Crippen LogP contribution in [-0.2, 0) is 13.5 Å². The smallest absolute Gasteiger partial charge is 0.138 e. The zero-order chi connectivity index (χ0) is 15.0. The van der Waals surface area contributed by atoms with E-state index in [4.69, 9.17) is 10.3 Å². The number of hydrogen-bond donors (Lipinski definition) is 2. The highest BCUT2D eigenvalue weighted by atomic mass is 19.1. The normalized spacial score (nSPS) is 13.0. The van der Waals surface area contributed by atoms with Crippen LogP contribution < -0.4 is 11.3 Å². The highest BCUT2D eigenvalue weighted by molar-refractivity contribution is 5.82. The van der Waals surface area contributed by atoms with E-state index in [1.165, 1.54) is 18.5 Å². The Bertz CT molecular complexity index is 779. The quantitative estimate of drug-likeness (QED) is 0.565. The monoisotopic (exact) mass is 289 g/mol. The molecule has 3 aromatic rings. The number of hydrazine groups is 1. The molecule has 110 valence electrons. The maximum atomic E-state index is 13.4. The molecule has 0 aliphatic rings. The third-order valence-corrected chi connectivity index (χ3v) is 3.64. The molecule has 0 radical (unpaired) electrons. The van der Waals surface area contributed by atoms with E-state index < -0.39 is 0 Å². The minimum atomic E-state index is -0.288. The molecule has 0 amide bonds. The fourth-order valence-corrected chi connectivity index (χ4v) is 2.46. The van der Waals surface area contributed by atoms with E-state index in [9.17, 15) is 4.39 Å². The predicted octanol–water partition coefficient (Wildman–Crippen LogP) is 1.76. The Labute approximate surface area is 120 Å². The molecular weight excluding hydrogens is 273 g/mol. The second-order valence-electron chi connectivity index (χ2n) is 4.96. The number of rotatable bonds is 4. The Morgan fingerprint density at radius 2 is 2.29 bits per heavy atom. The maximum absolute atomic E-state index is 13.4. The molecule has 2 heterocycles. The van der Waals surface area contributed by atoms with Gasteiger partial charge in [0.1, 0.15) is 29.3 Å². The van der Waals surface area contributed by atoms with Gasteiger partial charge >= 0.3 is 0 Å². The topological polar surface area (TPSA) is 81.9 Å². The molecule has 0 bridgehead atoms. The zero-order valence-electron chi connectivity index (χ0n) is 11.8. The summed E-state index contributed by atoms with van der Waals surface area (Å²) in [5.74, 6) is 6.83. The Kier molecular flexibility index (Phi) is 3.44. The third kappa shape index (κ3) is 2.41. The maximum Gasteiger partial charge on any atom is 0.138 e. The minimum absolute atomic E-state index is 0.261. The summed E-state index contributed by atoms with van der Waals surface area (Å²) in [4.78, 5) is 4.18. The molecule has 0 saturated carbocycles. The number of nitrogens with one attached hydrogen (secondary N) is 1. The number of aryl methyl sites for hydroxylation is 2. The van der Waals surface area contributed by atoms with Gasteiger partial charge in [0.25, 0.3) is 0 Å². The van der Waals surface area contributed by atoms with Crippen LogP contribution in [0.25, 0.3) is 11.0 Å². The molecule has 1 atom stereocenters. The molecule has 3 rings (SSSR count). The number of hydrogen-bond acceptors (Lipinski definition) is 5. The van der Waals surface area contributed by atoms with Crippen molar-refractivity contribution in [3.63, 3.8) is 0 Å². The van der Waals surface area contributed by atoms with Gasteiger partial charge in [0.15, 0.2) is 0 Å². The number of aromatic nitrogens is 3. The van der Waals surface area contributed by atoms with E-state index >= 15 is 0 Å². The lowest BCUT2D eigenvalue weighted by molar-refractivity contribution is 0.421. The number of furan rings is 1. The van der Waals surface area contributed by atoms with Gasteiger partial charge < -0.3 is 4.42 Å². The Morgan fingerprint density at radius 3 is 2.95 bits per heavy atom. The Morgan fingerprint density at radius 1 is 1.48 bits per heavy atom. The first kappa shape index (κ1) is 13.7. The Balaban J connectivity index is 2.01. The zero-order valence-corrected chi connectivity index (χ0v) is 11.8. The fourth-order valence-electron chi connectivity index (χ4n) is 2.46. The van der Waals surface area contributed by atoms with Crippen molar-refractivity contribution in [3.8, 4) is 0 Å². The molecule has 0 aliphatic heterocycles.